The molecule has 1 heterocycles. The van der Waals surface area contributed by atoms with Gasteiger partial charge in [0.15, 0.2) is 0 Å². The molecule has 26 heavy (non-hydrogen) atoms. The standard InChI is InChI=1S/C23H20ClNS/c1-23(2)21(18-9-6-10-19(24)15-18)26-22(23)25-20-13-11-17(12-14-20)16-7-4-3-5-8-16/h3-15,21H,1-2H3. The number of thioether (sulfide) groups is 1. The van der Waals surface area contributed by atoms with E-state index in [4.69, 9.17) is 16.6 Å². The Balaban J connectivity index is 1.54. The molecule has 0 saturated carbocycles. The van der Waals surface area contributed by atoms with Gasteiger partial charge in [0.1, 0.15) is 0 Å². The summed E-state index contributed by atoms with van der Waals surface area (Å²) in [6.07, 6.45) is 0. The second-order valence-electron chi connectivity index (χ2n) is 7.10. The maximum atomic E-state index is 6.16. The highest BCUT2D eigenvalue weighted by Crippen LogP contribution is 2.58. The van der Waals surface area contributed by atoms with Crippen LogP contribution in [0.2, 0.25) is 5.02 Å². The van der Waals surface area contributed by atoms with Crippen LogP contribution in [0.15, 0.2) is 83.9 Å². The Hall–Kier alpha value is -2.03. The van der Waals surface area contributed by atoms with Crippen molar-refractivity contribution in [3.8, 4) is 11.1 Å². The maximum absolute atomic E-state index is 6.16. The SMILES string of the molecule is CC1(C)C(=Nc2ccc(-c3ccccc3)cc2)SC1c1cccc(Cl)c1. The van der Waals surface area contributed by atoms with E-state index in [1.54, 1.807) is 0 Å². The monoisotopic (exact) mass is 377 g/mol. The third-order valence-corrected chi connectivity index (χ3v) is 6.97. The molecule has 1 fully saturated rings. The lowest BCUT2D eigenvalue weighted by Gasteiger charge is -2.45. The minimum Gasteiger partial charge on any atom is -0.246 e. The summed E-state index contributed by atoms with van der Waals surface area (Å²) in [5.41, 5.74) is 4.74. The van der Waals surface area contributed by atoms with Gasteiger partial charge in [0.25, 0.3) is 0 Å². The van der Waals surface area contributed by atoms with Crippen LogP contribution in [0, 0.1) is 5.41 Å². The van der Waals surface area contributed by atoms with Crippen molar-refractivity contribution in [3.05, 3.63) is 89.4 Å². The van der Waals surface area contributed by atoms with Gasteiger partial charge in [0.2, 0.25) is 0 Å². The maximum Gasteiger partial charge on any atom is 0.0815 e. The van der Waals surface area contributed by atoms with Crippen molar-refractivity contribution in [1.82, 2.24) is 0 Å². The predicted molar refractivity (Wildman–Crippen MR) is 115 cm³/mol. The van der Waals surface area contributed by atoms with Gasteiger partial charge in [0.05, 0.1) is 10.7 Å². The fourth-order valence-corrected chi connectivity index (χ4v) is 4.77. The van der Waals surface area contributed by atoms with E-state index >= 15 is 0 Å². The van der Waals surface area contributed by atoms with Crippen LogP contribution in [-0.2, 0) is 0 Å². The Labute approximate surface area is 164 Å². The summed E-state index contributed by atoms with van der Waals surface area (Å²) in [5.74, 6) is 0. The minimum absolute atomic E-state index is 0.0213. The Morgan fingerprint density at radius 2 is 1.54 bits per heavy atom. The number of aliphatic imine (C=N–C) groups is 1. The van der Waals surface area contributed by atoms with E-state index in [1.165, 1.54) is 21.7 Å². The number of benzene rings is 3. The zero-order chi connectivity index (χ0) is 18.1. The largest absolute Gasteiger partial charge is 0.246 e. The average Bonchev–Trinajstić information content (AvgIpc) is 2.66. The number of hydrogen-bond acceptors (Lipinski definition) is 2. The molecule has 1 aliphatic heterocycles. The molecule has 4 rings (SSSR count). The second-order valence-corrected chi connectivity index (χ2v) is 8.63. The summed E-state index contributed by atoms with van der Waals surface area (Å²) in [5, 5.41) is 2.36. The average molecular weight is 378 g/mol. The first-order valence-electron chi connectivity index (χ1n) is 8.71. The molecule has 0 N–H and O–H groups in total. The highest BCUT2D eigenvalue weighted by Gasteiger charge is 2.47. The van der Waals surface area contributed by atoms with Crippen LogP contribution in [0.3, 0.4) is 0 Å². The van der Waals surface area contributed by atoms with Gasteiger partial charge in [-0.3, -0.25) is 0 Å². The molecular formula is C23H20ClNS. The van der Waals surface area contributed by atoms with Crippen LogP contribution < -0.4 is 0 Å². The molecule has 3 aromatic carbocycles. The van der Waals surface area contributed by atoms with Crippen molar-refractivity contribution in [1.29, 1.82) is 0 Å². The molecule has 1 nitrogen and oxygen atoms in total. The molecule has 0 spiro atoms. The molecule has 0 amide bonds. The number of hydrogen-bond donors (Lipinski definition) is 0. The second kappa shape index (κ2) is 6.94. The van der Waals surface area contributed by atoms with Gasteiger partial charge in [-0.25, -0.2) is 4.99 Å². The highest BCUT2D eigenvalue weighted by atomic mass is 35.5. The molecule has 3 aromatic rings. The fourth-order valence-electron chi connectivity index (χ4n) is 3.27. The smallest absolute Gasteiger partial charge is 0.0815 e. The molecule has 0 aliphatic carbocycles. The lowest BCUT2D eigenvalue weighted by Crippen LogP contribution is -2.38. The Morgan fingerprint density at radius 1 is 0.846 bits per heavy atom. The van der Waals surface area contributed by atoms with E-state index in [9.17, 15) is 0 Å². The molecule has 0 radical (unpaired) electrons. The zero-order valence-corrected chi connectivity index (χ0v) is 16.4. The Kier molecular flexibility index (Phi) is 4.64. The summed E-state index contributed by atoms with van der Waals surface area (Å²) in [4.78, 5) is 4.90. The molecule has 0 aromatic heterocycles. The van der Waals surface area contributed by atoms with Crippen molar-refractivity contribution < 1.29 is 0 Å². The number of rotatable bonds is 3. The van der Waals surface area contributed by atoms with E-state index in [0.717, 1.165) is 10.7 Å². The minimum atomic E-state index is 0.0213. The van der Waals surface area contributed by atoms with Gasteiger partial charge in [-0.05, 0) is 41.0 Å². The van der Waals surface area contributed by atoms with Gasteiger partial charge >= 0.3 is 0 Å². The topological polar surface area (TPSA) is 12.4 Å². The van der Waals surface area contributed by atoms with Crippen molar-refractivity contribution >= 4 is 34.1 Å². The molecule has 1 atom stereocenters. The zero-order valence-electron chi connectivity index (χ0n) is 14.8. The molecule has 3 heteroatoms. The van der Waals surface area contributed by atoms with Crippen molar-refractivity contribution in [2.75, 3.05) is 0 Å². The summed E-state index contributed by atoms with van der Waals surface area (Å²) in [6.45, 7) is 4.51. The molecule has 0 bridgehead atoms. The Bertz CT molecular complexity index is 945. The van der Waals surface area contributed by atoms with Crippen LogP contribution in [-0.4, -0.2) is 5.04 Å². The quantitative estimate of drug-likeness (QED) is 0.458. The van der Waals surface area contributed by atoms with Gasteiger partial charge in [-0.1, -0.05) is 80.0 Å². The third kappa shape index (κ3) is 3.32. The lowest BCUT2D eigenvalue weighted by atomic mass is 9.84. The van der Waals surface area contributed by atoms with Crippen molar-refractivity contribution in [2.24, 2.45) is 10.4 Å². The molecule has 1 aliphatic rings. The summed E-state index contributed by atoms with van der Waals surface area (Å²) in [6, 6.07) is 27.0. The van der Waals surface area contributed by atoms with E-state index in [2.05, 4.69) is 74.5 Å². The first-order chi connectivity index (χ1) is 12.5. The molecule has 1 unspecified atom stereocenters. The van der Waals surface area contributed by atoms with Crippen molar-refractivity contribution in [2.45, 2.75) is 19.1 Å². The normalized spacial score (nSPS) is 20.0. The lowest BCUT2D eigenvalue weighted by molar-refractivity contribution is 0.497. The number of halogens is 1. The molecular weight excluding hydrogens is 358 g/mol. The first kappa shape index (κ1) is 17.4. The predicted octanol–water partition coefficient (Wildman–Crippen LogP) is 7.55. The van der Waals surface area contributed by atoms with Gasteiger partial charge in [-0.15, -0.1) is 11.8 Å². The van der Waals surface area contributed by atoms with Crippen LogP contribution in [0.1, 0.15) is 24.7 Å². The van der Waals surface area contributed by atoms with Crippen molar-refractivity contribution in [3.63, 3.8) is 0 Å². The first-order valence-corrected chi connectivity index (χ1v) is 9.96. The van der Waals surface area contributed by atoms with Gasteiger partial charge in [0, 0.05) is 15.7 Å². The van der Waals surface area contributed by atoms with E-state index in [1.807, 2.05) is 30.0 Å². The highest BCUT2D eigenvalue weighted by molar-refractivity contribution is 8.16. The van der Waals surface area contributed by atoms with Crippen LogP contribution in [0.4, 0.5) is 5.69 Å². The van der Waals surface area contributed by atoms with E-state index in [0.29, 0.717) is 5.25 Å². The molecule has 1 saturated heterocycles. The van der Waals surface area contributed by atoms with Gasteiger partial charge in [-0.2, -0.15) is 0 Å². The van der Waals surface area contributed by atoms with E-state index in [-0.39, 0.29) is 5.41 Å². The summed E-state index contributed by atoms with van der Waals surface area (Å²) < 4.78 is 0. The third-order valence-electron chi connectivity index (χ3n) is 4.79. The molecule has 130 valence electrons. The van der Waals surface area contributed by atoms with Crippen LogP contribution in [0.25, 0.3) is 11.1 Å². The Morgan fingerprint density at radius 3 is 2.19 bits per heavy atom. The van der Waals surface area contributed by atoms with E-state index < -0.39 is 0 Å². The summed E-state index contributed by atoms with van der Waals surface area (Å²) >= 11 is 7.98. The summed E-state index contributed by atoms with van der Waals surface area (Å²) in [7, 11) is 0. The van der Waals surface area contributed by atoms with Gasteiger partial charge < -0.3 is 0 Å². The van der Waals surface area contributed by atoms with Crippen LogP contribution in [0.5, 0.6) is 0 Å². The fraction of sp³-hybridized carbons (Fsp3) is 0.174. The number of nitrogens with zero attached hydrogens (tertiary/aromatic N) is 1. The van der Waals surface area contributed by atoms with Crippen LogP contribution >= 0.6 is 23.4 Å².